The van der Waals surface area contributed by atoms with Gasteiger partial charge in [0.05, 0.1) is 0 Å². The molecule has 1 saturated heterocycles. The fraction of sp³-hybridized carbons (Fsp3) is 0.471. The smallest absolute Gasteiger partial charge is 0.303 e. The van der Waals surface area contributed by atoms with Gasteiger partial charge in [-0.15, -0.1) is 0 Å². The number of aliphatic hydroxyl groups excluding tert-OH is 1. The minimum absolute atomic E-state index is 0.277. The molecule has 2 rings (SSSR count). The number of nitrogens with one attached hydrogen (secondary N) is 1. The third-order valence-corrected chi connectivity index (χ3v) is 3.73. The van der Waals surface area contributed by atoms with Gasteiger partial charge in [-0.3, -0.25) is 14.4 Å². The summed E-state index contributed by atoms with van der Waals surface area (Å²) in [5, 5.41) is 12.6. The van der Waals surface area contributed by atoms with E-state index in [9.17, 15) is 23.9 Å². The van der Waals surface area contributed by atoms with Crippen LogP contribution in [0.2, 0.25) is 0 Å². The van der Waals surface area contributed by atoms with E-state index < -0.39 is 55.2 Å². The number of carbonyl (C=O) groups excluding carboxylic acids is 3. The first-order chi connectivity index (χ1) is 12.3. The molecule has 0 spiro atoms. The van der Waals surface area contributed by atoms with E-state index in [1.807, 2.05) is 0 Å². The van der Waals surface area contributed by atoms with Crippen LogP contribution in [-0.2, 0) is 23.8 Å². The van der Waals surface area contributed by atoms with Gasteiger partial charge in [-0.05, 0) is 12.1 Å². The average molecular weight is 369 g/mol. The maximum atomic E-state index is 14.7. The summed E-state index contributed by atoms with van der Waals surface area (Å²) in [6, 6.07) is 6.72. The van der Waals surface area contributed by atoms with Crippen molar-refractivity contribution < 1.29 is 38.1 Å². The summed E-state index contributed by atoms with van der Waals surface area (Å²) in [7, 11) is 0. The molecule has 2 N–H and O–H groups in total. The first kappa shape index (κ1) is 19.8. The summed E-state index contributed by atoms with van der Waals surface area (Å²) < 4.78 is 29.5. The summed E-state index contributed by atoms with van der Waals surface area (Å²) in [5.41, 5.74) is 0.277. The molecule has 142 valence electrons. The van der Waals surface area contributed by atoms with Gasteiger partial charge in [0.2, 0.25) is 0 Å². The summed E-state index contributed by atoms with van der Waals surface area (Å²) in [6.07, 6.45) is -6.45. The Balaban J connectivity index is 2.16. The van der Waals surface area contributed by atoms with Crippen LogP contribution in [0.4, 0.5) is 4.39 Å². The van der Waals surface area contributed by atoms with Crippen LogP contribution in [0.1, 0.15) is 24.2 Å². The lowest BCUT2D eigenvalue weighted by atomic mass is 9.97. The summed E-state index contributed by atoms with van der Waals surface area (Å²) in [6.45, 7) is 1.75. The van der Waals surface area contributed by atoms with E-state index in [1.165, 1.54) is 12.1 Å². The van der Waals surface area contributed by atoms with Crippen molar-refractivity contribution in [2.24, 2.45) is 0 Å². The highest BCUT2D eigenvalue weighted by atomic mass is 19.1. The maximum Gasteiger partial charge on any atom is 0.303 e. The van der Waals surface area contributed by atoms with Crippen LogP contribution in [0.25, 0.3) is 0 Å². The van der Waals surface area contributed by atoms with Crippen LogP contribution in [-0.4, -0.2) is 60.3 Å². The van der Waals surface area contributed by atoms with E-state index in [-0.39, 0.29) is 5.56 Å². The summed E-state index contributed by atoms with van der Waals surface area (Å²) >= 11 is 0. The Morgan fingerprint density at radius 2 is 1.85 bits per heavy atom. The average Bonchev–Trinajstić information content (AvgIpc) is 2.59. The quantitative estimate of drug-likeness (QED) is 0.720. The zero-order valence-corrected chi connectivity index (χ0v) is 14.3. The van der Waals surface area contributed by atoms with Crippen molar-refractivity contribution in [1.82, 2.24) is 5.32 Å². The van der Waals surface area contributed by atoms with Crippen molar-refractivity contribution >= 4 is 17.8 Å². The molecule has 0 saturated carbocycles. The van der Waals surface area contributed by atoms with Crippen LogP contribution in [0.5, 0.6) is 0 Å². The number of amides is 1. The monoisotopic (exact) mass is 369 g/mol. The van der Waals surface area contributed by atoms with Gasteiger partial charge in [0.1, 0.15) is 18.8 Å². The fourth-order valence-corrected chi connectivity index (χ4v) is 2.55. The molecular formula is C17H20FNO7. The molecule has 1 aliphatic heterocycles. The highest BCUT2D eigenvalue weighted by Crippen LogP contribution is 2.26. The van der Waals surface area contributed by atoms with Crippen LogP contribution >= 0.6 is 0 Å². The van der Waals surface area contributed by atoms with Crippen LogP contribution in [0.15, 0.2) is 30.3 Å². The number of hydrogen-bond donors (Lipinski definition) is 2. The maximum absolute atomic E-state index is 14.7. The molecule has 1 amide bonds. The van der Waals surface area contributed by atoms with Gasteiger partial charge in [0.15, 0.2) is 18.6 Å². The lowest BCUT2D eigenvalue weighted by Gasteiger charge is -2.41. The van der Waals surface area contributed by atoms with Gasteiger partial charge >= 0.3 is 11.9 Å². The van der Waals surface area contributed by atoms with Crippen molar-refractivity contribution in [3.8, 4) is 0 Å². The lowest BCUT2D eigenvalue weighted by Crippen LogP contribution is -2.64. The van der Waals surface area contributed by atoms with Gasteiger partial charge < -0.3 is 24.6 Å². The predicted octanol–water partition coefficient (Wildman–Crippen LogP) is 0.335. The molecular weight excluding hydrogens is 349 g/mol. The standard InChI is InChI=1S/C17H20FNO7/c1-9(20)24-8-12-13(18)15(25-10(2)21)14(17(23)26-12)19-16(22)11-6-4-3-5-7-11/h3-7,12-15,17,23H,8H2,1-2H3,(H,19,22)/t12-,13-,14-,15+,17+/m1/s1. The lowest BCUT2D eigenvalue weighted by molar-refractivity contribution is -0.246. The molecule has 1 aliphatic rings. The minimum Gasteiger partial charge on any atom is -0.463 e. The molecule has 0 unspecified atom stereocenters. The Labute approximate surface area is 149 Å². The normalized spacial score (nSPS) is 28.1. The van der Waals surface area contributed by atoms with Crippen LogP contribution in [0, 0.1) is 0 Å². The van der Waals surface area contributed by atoms with Crippen molar-refractivity contribution in [2.45, 2.75) is 44.6 Å². The summed E-state index contributed by atoms with van der Waals surface area (Å²) in [5.74, 6) is -2.04. The van der Waals surface area contributed by atoms with Gasteiger partial charge in [0.25, 0.3) is 5.91 Å². The molecule has 1 aromatic rings. The molecule has 1 aromatic carbocycles. The second-order valence-corrected chi connectivity index (χ2v) is 5.75. The topological polar surface area (TPSA) is 111 Å². The highest BCUT2D eigenvalue weighted by molar-refractivity contribution is 5.94. The number of aliphatic hydroxyl groups is 1. The van der Waals surface area contributed by atoms with E-state index in [4.69, 9.17) is 14.2 Å². The van der Waals surface area contributed by atoms with Crippen molar-refractivity contribution in [2.75, 3.05) is 6.61 Å². The number of ether oxygens (including phenoxy) is 3. The largest absolute Gasteiger partial charge is 0.463 e. The van der Waals surface area contributed by atoms with Crippen molar-refractivity contribution in [3.63, 3.8) is 0 Å². The molecule has 1 fully saturated rings. The van der Waals surface area contributed by atoms with Crippen molar-refractivity contribution in [1.29, 1.82) is 0 Å². The van der Waals surface area contributed by atoms with Crippen molar-refractivity contribution in [3.05, 3.63) is 35.9 Å². The highest BCUT2D eigenvalue weighted by Gasteiger charge is 2.49. The Bertz CT molecular complexity index is 654. The number of hydrogen-bond acceptors (Lipinski definition) is 7. The third kappa shape index (κ3) is 4.99. The number of esters is 2. The second-order valence-electron chi connectivity index (χ2n) is 5.75. The Hall–Kier alpha value is -2.52. The number of halogens is 1. The zero-order valence-electron chi connectivity index (χ0n) is 14.3. The predicted molar refractivity (Wildman–Crippen MR) is 85.7 cm³/mol. The molecule has 26 heavy (non-hydrogen) atoms. The van der Waals surface area contributed by atoms with Gasteiger partial charge in [0, 0.05) is 19.4 Å². The van der Waals surface area contributed by atoms with E-state index >= 15 is 0 Å². The number of carbonyl (C=O) groups is 3. The molecule has 1 heterocycles. The Kier molecular flexibility index (Phi) is 6.64. The molecule has 8 nitrogen and oxygen atoms in total. The number of rotatable bonds is 5. The molecule has 9 heteroatoms. The fourth-order valence-electron chi connectivity index (χ4n) is 2.55. The minimum atomic E-state index is -1.93. The number of benzene rings is 1. The van der Waals surface area contributed by atoms with E-state index in [0.29, 0.717) is 0 Å². The summed E-state index contributed by atoms with van der Waals surface area (Å²) in [4.78, 5) is 34.5. The van der Waals surface area contributed by atoms with Gasteiger partial charge in [-0.25, -0.2) is 4.39 Å². The van der Waals surface area contributed by atoms with Crippen LogP contribution < -0.4 is 5.32 Å². The van der Waals surface area contributed by atoms with Gasteiger partial charge in [-0.1, -0.05) is 18.2 Å². The first-order valence-corrected chi connectivity index (χ1v) is 7.93. The first-order valence-electron chi connectivity index (χ1n) is 7.93. The number of alkyl halides is 1. The molecule has 0 bridgehead atoms. The van der Waals surface area contributed by atoms with Crippen LogP contribution in [0.3, 0.4) is 0 Å². The Morgan fingerprint density at radius 1 is 1.19 bits per heavy atom. The second kappa shape index (κ2) is 8.72. The molecule has 0 radical (unpaired) electrons. The van der Waals surface area contributed by atoms with E-state index in [0.717, 1.165) is 13.8 Å². The molecule has 0 aliphatic carbocycles. The molecule has 0 aromatic heterocycles. The third-order valence-electron chi connectivity index (χ3n) is 3.73. The van der Waals surface area contributed by atoms with E-state index in [1.54, 1.807) is 18.2 Å². The molecule has 5 atom stereocenters. The zero-order chi connectivity index (χ0) is 19.3. The Morgan fingerprint density at radius 3 is 2.42 bits per heavy atom. The van der Waals surface area contributed by atoms with Gasteiger partial charge in [-0.2, -0.15) is 0 Å². The SMILES string of the molecule is CC(=O)OC[C@H]1O[C@H](O)[C@H](NC(=O)c2ccccc2)[C@@H](OC(C)=O)[C@@H]1F. The van der Waals surface area contributed by atoms with E-state index in [2.05, 4.69) is 5.32 Å².